The van der Waals surface area contributed by atoms with Gasteiger partial charge in [0.1, 0.15) is 6.07 Å². The molecule has 0 amide bonds. The molecular formula is C14H16BrNS. The van der Waals surface area contributed by atoms with E-state index < -0.39 is 0 Å². The molecule has 0 radical (unpaired) electrons. The van der Waals surface area contributed by atoms with Gasteiger partial charge in [-0.2, -0.15) is 5.26 Å². The van der Waals surface area contributed by atoms with Gasteiger partial charge in [-0.1, -0.05) is 25.8 Å². The van der Waals surface area contributed by atoms with Crippen molar-refractivity contribution in [2.24, 2.45) is 5.92 Å². The third kappa shape index (κ3) is 3.26. The Balaban J connectivity index is 2.13. The second-order valence-electron chi connectivity index (χ2n) is 4.74. The zero-order chi connectivity index (χ0) is 12.3. The third-order valence-electron chi connectivity index (χ3n) is 3.27. The second-order valence-corrected chi connectivity index (χ2v) is 6.93. The lowest BCUT2D eigenvalue weighted by Gasteiger charge is -2.26. The fraction of sp³-hybridized carbons (Fsp3) is 0.500. The molecule has 0 N–H and O–H groups in total. The molecule has 17 heavy (non-hydrogen) atoms. The standard InChI is InChI=1S/C14H16BrNS/c1-10-4-2-5-11(8-10)17-14-7-3-6-13(15)12(14)9-16/h3,6-7,10-11H,2,4-5,8H2,1H3. The van der Waals surface area contributed by atoms with Crippen molar-refractivity contribution >= 4 is 27.7 Å². The van der Waals surface area contributed by atoms with Gasteiger partial charge in [-0.25, -0.2) is 0 Å². The molecule has 0 aliphatic heterocycles. The Morgan fingerprint density at radius 3 is 2.94 bits per heavy atom. The van der Waals surface area contributed by atoms with Crippen LogP contribution in [0, 0.1) is 17.2 Å². The highest BCUT2D eigenvalue weighted by molar-refractivity contribution is 9.10. The first-order chi connectivity index (χ1) is 8.20. The Morgan fingerprint density at radius 1 is 1.41 bits per heavy atom. The van der Waals surface area contributed by atoms with Gasteiger partial charge >= 0.3 is 0 Å². The van der Waals surface area contributed by atoms with E-state index in [0.717, 1.165) is 20.8 Å². The Hall–Kier alpha value is -0.460. The SMILES string of the molecule is CC1CCCC(Sc2cccc(Br)c2C#N)C1. The number of hydrogen-bond acceptors (Lipinski definition) is 2. The molecular weight excluding hydrogens is 294 g/mol. The Labute approximate surface area is 116 Å². The van der Waals surface area contributed by atoms with E-state index in [1.54, 1.807) is 0 Å². The Kier molecular flexibility index (Phi) is 4.53. The van der Waals surface area contributed by atoms with Gasteiger partial charge in [0.05, 0.1) is 5.56 Å². The molecule has 1 aromatic rings. The van der Waals surface area contributed by atoms with Gasteiger partial charge in [0.2, 0.25) is 0 Å². The van der Waals surface area contributed by atoms with Crippen molar-refractivity contribution in [2.75, 3.05) is 0 Å². The van der Waals surface area contributed by atoms with E-state index in [0.29, 0.717) is 5.25 Å². The van der Waals surface area contributed by atoms with Crippen molar-refractivity contribution in [1.29, 1.82) is 5.26 Å². The molecule has 1 aliphatic rings. The molecule has 2 atom stereocenters. The highest BCUT2D eigenvalue weighted by atomic mass is 79.9. The van der Waals surface area contributed by atoms with E-state index in [1.165, 1.54) is 25.7 Å². The normalized spacial score (nSPS) is 24.3. The maximum atomic E-state index is 9.19. The van der Waals surface area contributed by atoms with Crippen molar-refractivity contribution in [2.45, 2.75) is 42.8 Å². The molecule has 0 spiro atoms. The number of rotatable bonds is 2. The van der Waals surface area contributed by atoms with E-state index in [1.807, 2.05) is 23.9 Å². The maximum Gasteiger partial charge on any atom is 0.101 e. The lowest BCUT2D eigenvalue weighted by atomic mass is 9.91. The monoisotopic (exact) mass is 309 g/mol. The number of hydrogen-bond donors (Lipinski definition) is 0. The van der Waals surface area contributed by atoms with Crippen LogP contribution in [0.3, 0.4) is 0 Å². The van der Waals surface area contributed by atoms with Crippen molar-refractivity contribution in [3.8, 4) is 6.07 Å². The van der Waals surface area contributed by atoms with Gasteiger partial charge in [-0.05, 0) is 46.8 Å². The molecule has 1 nitrogen and oxygen atoms in total. The highest BCUT2D eigenvalue weighted by Gasteiger charge is 2.21. The molecule has 1 aromatic carbocycles. The maximum absolute atomic E-state index is 9.19. The van der Waals surface area contributed by atoms with Crippen LogP contribution >= 0.6 is 27.7 Å². The van der Waals surface area contributed by atoms with Gasteiger partial charge in [0, 0.05) is 14.6 Å². The molecule has 0 saturated heterocycles. The second kappa shape index (κ2) is 5.93. The highest BCUT2D eigenvalue weighted by Crippen LogP contribution is 2.38. The molecule has 90 valence electrons. The first kappa shape index (κ1) is 13.0. The summed E-state index contributed by atoms with van der Waals surface area (Å²) in [5.41, 5.74) is 0.788. The fourth-order valence-electron chi connectivity index (χ4n) is 2.38. The van der Waals surface area contributed by atoms with Crippen molar-refractivity contribution in [3.63, 3.8) is 0 Å². The summed E-state index contributed by atoms with van der Waals surface area (Å²) in [4.78, 5) is 1.13. The molecule has 2 unspecified atom stereocenters. The van der Waals surface area contributed by atoms with Crippen LogP contribution in [0.2, 0.25) is 0 Å². The summed E-state index contributed by atoms with van der Waals surface area (Å²) >= 11 is 5.33. The van der Waals surface area contributed by atoms with Crippen LogP contribution in [0.15, 0.2) is 27.6 Å². The van der Waals surface area contributed by atoms with Crippen molar-refractivity contribution < 1.29 is 0 Å². The van der Waals surface area contributed by atoms with E-state index in [9.17, 15) is 5.26 Å². The van der Waals surface area contributed by atoms with Crippen LogP contribution < -0.4 is 0 Å². The number of thioether (sulfide) groups is 1. The van der Waals surface area contributed by atoms with Gasteiger partial charge in [0.15, 0.2) is 0 Å². The molecule has 1 aliphatic carbocycles. The molecule has 1 saturated carbocycles. The summed E-state index contributed by atoms with van der Waals surface area (Å²) in [6.07, 6.45) is 5.25. The van der Waals surface area contributed by atoms with Crippen LogP contribution in [-0.4, -0.2) is 5.25 Å². The molecule has 0 heterocycles. The lowest BCUT2D eigenvalue weighted by Crippen LogP contribution is -2.15. The van der Waals surface area contributed by atoms with Gasteiger partial charge in [-0.15, -0.1) is 11.8 Å². The molecule has 1 fully saturated rings. The van der Waals surface area contributed by atoms with Gasteiger partial charge in [-0.3, -0.25) is 0 Å². The van der Waals surface area contributed by atoms with E-state index in [2.05, 4.69) is 35.0 Å². The number of halogens is 1. The van der Waals surface area contributed by atoms with Crippen LogP contribution in [0.5, 0.6) is 0 Å². The molecule has 0 aromatic heterocycles. The van der Waals surface area contributed by atoms with Crippen molar-refractivity contribution in [1.82, 2.24) is 0 Å². The minimum Gasteiger partial charge on any atom is -0.192 e. The summed E-state index contributed by atoms with van der Waals surface area (Å²) in [6.45, 7) is 2.33. The average molecular weight is 310 g/mol. The Morgan fingerprint density at radius 2 is 2.24 bits per heavy atom. The van der Waals surface area contributed by atoms with Crippen LogP contribution in [-0.2, 0) is 0 Å². The summed E-state index contributed by atoms with van der Waals surface area (Å²) in [5.74, 6) is 0.832. The largest absolute Gasteiger partial charge is 0.192 e. The predicted molar refractivity (Wildman–Crippen MR) is 76.1 cm³/mol. The number of nitrogens with zero attached hydrogens (tertiary/aromatic N) is 1. The van der Waals surface area contributed by atoms with Crippen LogP contribution in [0.25, 0.3) is 0 Å². The smallest absolute Gasteiger partial charge is 0.101 e. The molecule has 3 heteroatoms. The van der Waals surface area contributed by atoms with Crippen LogP contribution in [0.1, 0.15) is 38.2 Å². The predicted octanol–water partition coefficient (Wildman–Crippen LogP) is 4.99. The summed E-state index contributed by atoms with van der Waals surface area (Å²) in [7, 11) is 0. The van der Waals surface area contributed by atoms with E-state index in [4.69, 9.17) is 0 Å². The lowest BCUT2D eigenvalue weighted by molar-refractivity contribution is 0.394. The van der Waals surface area contributed by atoms with Crippen LogP contribution in [0.4, 0.5) is 0 Å². The quantitative estimate of drug-likeness (QED) is 0.768. The Bertz CT molecular complexity index is 438. The summed E-state index contributed by atoms with van der Waals surface area (Å²) in [6, 6.07) is 8.31. The summed E-state index contributed by atoms with van der Waals surface area (Å²) < 4.78 is 0.911. The first-order valence-electron chi connectivity index (χ1n) is 6.06. The number of nitriles is 1. The van der Waals surface area contributed by atoms with Crippen molar-refractivity contribution in [3.05, 3.63) is 28.2 Å². The minimum atomic E-state index is 0.681. The molecule has 2 rings (SSSR count). The zero-order valence-corrected chi connectivity index (χ0v) is 12.4. The van der Waals surface area contributed by atoms with E-state index >= 15 is 0 Å². The average Bonchev–Trinajstić information content (AvgIpc) is 2.29. The zero-order valence-electron chi connectivity index (χ0n) is 9.95. The van der Waals surface area contributed by atoms with E-state index in [-0.39, 0.29) is 0 Å². The summed E-state index contributed by atoms with van der Waals surface area (Å²) in [5, 5.41) is 9.87. The topological polar surface area (TPSA) is 23.8 Å². The third-order valence-corrected chi connectivity index (χ3v) is 5.29. The van der Waals surface area contributed by atoms with Gasteiger partial charge in [0.25, 0.3) is 0 Å². The van der Waals surface area contributed by atoms with Gasteiger partial charge < -0.3 is 0 Å². The fourth-order valence-corrected chi connectivity index (χ4v) is 4.46. The first-order valence-corrected chi connectivity index (χ1v) is 7.73. The number of benzene rings is 1. The molecule has 0 bridgehead atoms. The minimum absolute atomic E-state index is 0.681.